The van der Waals surface area contributed by atoms with E-state index in [0.29, 0.717) is 43.6 Å². The Bertz CT molecular complexity index is 461. The number of aromatic nitrogens is 2. The van der Waals surface area contributed by atoms with Gasteiger partial charge in [0.2, 0.25) is 0 Å². The van der Waals surface area contributed by atoms with E-state index < -0.39 is 5.60 Å². The predicted octanol–water partition coefficient (Wildman–Crippen LogP) is 1.72. The first kappa shape index (κ1) is 14.5. The van der Waals surface area contributed by atoms with E-state index in [9.17, 15) is 5.11 Å². The summed E-state index contributed by atoms with van der Waals surface area (Å²) in [6, 6.07) is 0. The van der Waals surface area contributed by atoms with Gasteiger partial charge in [-0.1, -0.05) is 11.6 Å². The zero-order valence-corrected chi connectivity index (χ0v) is 12.4. The quantitative estimate of drug-likeness (QED) is 0.916. The molecule has 0 radical (unpaired) electrons. The van der Waals surface area contributed by atoms with Crippen LogP contribution < -0.4 is 4.90 Å². The fraction of sp³-hybridized carbons (Fsp3) is 0.692. The van der Waals surface area contributed by atoms with Crippen molar-refractivity contribution in [3.63, 3.8) is 0 Å². The lowest BCUT2D eigenvalue weighted by Gasteiger charge is -2.36. The summed E-state index contributed by atoms with van der Waals surface area (Å²) in [4.78, 5) is 10.6. The highest BCUT2D eigenvalue weighted by Crippen LogP contribution is 2.26. The molecule has 0 amide bonds. The van der Waals surface area contributed by atoms with Gasteiger partial charge in [0.25, 0.3) is 0 Å². The summed E-state index contributed by atoms with van der Waals surface area (Å²) < 4.78 is 5.28. The Hall–Kier alpha value is -0.910. The molecule has 1 aromatic rings. The lowest BCUT2D eigenvalue weighted by atomic mass is 9.94. The van der Waals surface area contributed by atoms with Crippen molar-refractivity contribution in [3.8, 4) is 0 Å². The average Bonchev–Trinajstić information content (AvgIpc) is 2.34. The second-order valence-corrected chi connectivity index (χ2v) is 5.56. The Labute approximate surface area is 118 Å². The Kier molecular flexibility index (Phi) is 4.28. The van der Waals surface area contributed by atoms with Crippen molar-refractivity contribution in [2.24, 2.45) is 0 Å². The van der Waals surface area contributed by atoms with Crippen LogP contribution in [-0.4, -0.2) is 47.5 Å². The number of rotatable bonds is 3. The molecule has 0 saturated carbocycles. The average molecular weight is 286 g/mol. The van der Waals surface area contributed by atoms with Crippen LogP contribution in [0.5, 0.6) is 0 Å². The third-order valence-corrected chi connectivity index (χ3v) is 3.82. The smallest absolute Gasteiger partial charge is 0.171 e. The normalized spacial score (nSPS) is 18.4. The lowest BCUT2D eigenvalue weighted by Crippen LogP contribution is -2.46. The summed E-state index contributed by atoms with van der Waals surface area (Å²) in [5.74, 6) is 0.615. The van der Waals surface area contributed by atoms with Crippen molar-refractivity contribution in [2.75, 3.05) is 31.7 Å². The van der Waals surface area contributed by atoms with Crippen molar-refractivity contribution < 1.29 is 9.84 Å². The lowest BCUT2D eigenvalue weighted by molar-refractivity contribution is -0.0573. The number of nitrogens with zero attached hydrogens (tertiary/aromatic N) is 3. The Morgan fingerprint density at radius 2 is 1.84 bits per heavy atom. The fourth-order valence-electron chi connectivity index (χ4n) is 2.23. The molecule has 2 heterocycles. The molecule has 1 aliphatic rings. The van der Waals surface area contributed by atoms with E-state index in [-0.39, 0.29) is 0 Å². The van der Waals surface area contributed by atoms with Gasteiger partial charge < -0.3 is 14.7 Å². The molecule has 6 heteroatoms. The van der Waals surface area contributed by atoms with E-state index in [0.717, 1.165) is 11.4 Å². The molecule has 1 saturated heterocycles. The molecule has 0 bridgehead atoms. The number of aliphatic hydroxyl groups is 1. The molecule has 0 spiro atoms. The third-order valence-electron chi connectivity index (χ3n) is 3.56. The summed E-state index contributed by atoms with van der Waals surface area (Å²) in [5, 5.41) is 10.9. The summed E-state index contributed by atoms with van der Waals surface area (Å²) in [6.45, 7) is 5.45. The summed E-state index contributed by atoms with van der Waals surface area (Å²) >= 11 is 6.14. The zero-order chi connectivity index (χ0) is 14.0. The fourth-order valence-corrected chi connectivity index (χ4v) is 2.55. The van der Waals surface area contributed by atoms with Crippen LogP contribution in [0.4, 0.5) is 5.82 Å². The number of ether oxygens (including phenoxy) is 1. The Balaban J connectivity index is 2.15. The van der Waals surface area contributed by atoms with Gasteiger partial charge in [0.15, 0.2) is 11.0 Å². The molecule has 5 nitrogen and oxygen atoms in total. The van der Waals surface area contributed by atoms with Gasteiger partial charge in [0, 0.05) is 39.6 Å². The predicted molar refractivity (Wildman–Crippen MR) is 74.8 cm³/mol. The number of likely N-dealkylation sites (N-methyl/N-ethyl adjacent to an activating group) is 1. The van der Waals surface area contributed by atoms with E-state index in [1.807, 2.05) is 25.8 Å². The molecule has 0 aliphatic carbocycles. The van der Waals surface area contributed by atoms with Crippen LogP contribution in [-0.2, 0) is 4.74 Å². The molecule has 0 atom stereocenters. The standard InChI is InChI=1S/C13H20ClN3O2/c1-9-10(2)16-12(11(14)15-9)17(3)8-13(18)4-6-19-7-5-13/h18H,4-8H2,1-3H3. The first-order chi connectivity index (χ1) is 8.91. The summed E-state index contributed by atoms with van der Waals surface area (Å²) in [7, 11) is 1.87. The van der Waals surface area contributed by atoms with Crippen LogP contribution in [0.2, 0.25) is 5.15 Å². The summed E-state index contributed by atoms with van der Waals surface area (Å²) in [5.41, 5.74) is 0.939. The highest BCUT2D eigenvalue weighted by molar-refractivity contribution is 6.31. The highest BCUT2D eigenvalue weighted by Gasteiger charge is 2.32. The van der Waals surface area contributed by atoms with E-state index in [1.165, 1.54) is 0 Å². The first-order valence-corrected chi connectivity index (χ1v) is 6.81. The summed E-state index contributed by atoms with van der Waals surface area (Å²) in [6.07, 6.45) is 1.26. The Morgan fingerprint density at radius 3 is 2.47 bits per heavy atom. The zero-order valence-electron chi connectivity index (χ0n) is 11.6. The molecular formula is C13H20ClN3O2. The monoisotopic (exact) mass is 285 g/mol. The van der Waals surface area contributed by atoms with Gasteiger partial charge >= 0.3 is 0 Å². The van der Waals surface area contributed by atoms with Crippen LogP contribution in [0.3, 0.4) is 0 Å². The number of halogens is 1. The number of anilines is 1. The maximum absolute atomic E-state index is 10.5. The maximum Gasteiger partial charge on any atom is 0.171 e. The minimum atomic E-state index is -0.739. The van der Waals surface area contributed by atoms with Crippen molar-refractivity contribution in [3.05, 3.63) is 16.5 Å². The van der Waals surface area contributed by atoms with Gasteiger partial charge in [-0.25, -0.2) is 9.97 Å². The molecular weight excluding hydrogens is 266 g/mol. The molecule has 0 unspecified atom stereocenters. The maximum atomic E-state index is 10.5. The molecule has 1 aromatic heterocycles. The first-order valence-electron chi connectivity index (χ1n) is 6.43. The molecule has 0 aromatic carbocycles. The van der Waals surface area contributed by atoms with Crippen LogP contribution in [0.15, 0.2) is 0 Å². The van der Waals surface area contributed by atoms with Crippen LogP contribution in [0.1, 0.15) is 24.2 Å². The van der Waals surface area contributed by atoms with Gasteiger partial charge in [-0.3, -0.25) is 0 Å². The van der Waals surface area contributed by atoms with Gasteiger partial charge in [0.05, 0.1) is 17.0 Å². The van der Waals surface area contributed by atoms with Crippen molar-refractivity contribution in [2.45, 2.75) is 32.3 Å². The topological polar surface area (TPSA) is 58.5 Å². The van der Waals surface area contributed by atoms with Gasteiger partial charge in [0.1, 0.15) is 0 Å². The molecule has 19 heavy (non-hydrogen) atoms. The highest BCUT2D eigenvalue weighted by atomic mass is 35.5. The van der Waals surface area contributed by atoms with Crippen LogP contribution in [0, 0.1) is 13.8 Å². The van der Waals surface area contributed by atoms with E-state index >= 15 is 0 Å². The third kappa shape index (κ3) is 3.35. The van der Waals surface area contributed by atoms with Gasteiger partial charge in [-0.2, -0.15) is 0 Å². The van der Waals surface area contributed by atoms with E-state index in [4.69, 9.17) is 16.3 Å². The van der Waals surface area contributed by atoms with E-state index in [1.54, 1.807) is 0 Å². The minimum absolute atomic E-state index is 0.376. The Morgan fingerprint density at radius 1 is 1.26 bits per heavy atom. The number of hydrogen-bond donors (Lipinski definition) is 1. The molecule has 1 aliphatic heterocycles. The number of aryl methyl sites for hydroxylation is 2. The SMILES string of the molecule is Cc1nc(Cl)c(N(C)CC2(O)CCOCC2)nc1C. The van der Waals surface area contributed by atoms with Gasteiger partial charge in [-0.15, -0.1) is 0 Å². The molecule has 1 N–H and O–H groups in total. The van der Waals surface area contributed by atoms with Crippen LogP contribution in [0.25, 0.3) is 0 Å². The number of hydrogen-bond acceptors (Lipinski definition) is 5. The van der Waals surface area contributed by atoms with Crippen molar-refractivity contribution in [1.29, 1.82) is 0 Å². The molecule has 1 fully saturated rings. The van der Waals surface area contributed by atoms with Gasteiger partial charge in [-0.05, 0) is 13.8 Å². The van der Waals surface area contributed by atoms with Crippen molar-refractivity contribution >= 4 is 17.4 Å². The van der Waals surface area contributed by atoms with Crippen LogP contribution >= 0.6 is 11.6 Å². The second kappa shape index (κ2) is 5.61. The minimum Gasteiger partial charge on any atom is -0.388 e. The molecule has 2 rings (SSSR count). The molecule has 106 valence electrons. The van der Waals surface area contributed by atoms with E-state index in [2.05, 4.69) is 9.97 Å². The second-order valence-electron chi connectivity index (χ2n) is 5.20. The largest absolute Gasteiger partial charge is 0.388 e. The van der Waals surface area contributed by atoms with Crippen molar-refractivity contribution in [1.82, 2.24) is 9.97 Å².